The lowest BCUT2D eigenvalue weighted by Crippen LogP contribution is -2.51. The van der Waals surface area contributed by atoms with Crippen LogP contribution in [0.15, 0.2) is 42.5 Å². The number of rotatable bonds is 3. The maximum absolute atomic E-state index is 13.7. The monoisotopic (exact) mass is 372 g/mol. The van der Waals surface area contributed by atoms with Crippen LogP contribution in [0.2, 0.25) is 0 Å². The number of fused-ring (bicyclic) bond motifs is 1. The van der Waals surface area contributed by atoms with Crippen LogP contribution in [0.3, 0.4) is 0 Å². The molecule has 3 atom stereocenters. The van der Waals surface area contributed by atoms with Crippen molar-refractivity contribution >= 4 is 5.91 Å². The molecule has 1 amide bonds. The lowest BCUT2D eigenvalue weighted by atomic mass is 9.85. The topological polar surface area (TPSA) is 50.4 Å². The molecule has 1 saturated heterocycles. The second kappa shape index (κ2) is 7.64. The zero-order valence-corrected chi connectivity index (χ0v) is 14.9. The molecule has 0 aromatic heterocycles. The van der Waals surface area contributed by atoms with Crippen LogP contribution in [-0.4, -0.2) is 31.6 Å². The molecule has 4 nitrogen and oxygen atoms in total. The van der Waals surface area contributed by atoms with Crippen molar-refractivity contribution < 1.29 is 18.3 Å². The molecule has 2 aliphatic rings. The van der Waals surface area contributed by atoms with Gasteiger partial charge in [-0.15, -0.1) is 0 Å². The van der Waals surface area contributed by atoms with Crippen molar-refractivity contribution in [2.75, 3.05) is 19.7 Å². The van der Waals surface area contributed by atoms with Gasteiger partial charge in [-0.3, -0.25) is 4.79 Å². The fourth-order valence-electron chi connectivity index (χ4n) is 4.05. The molecule has 0 bridgehead atoms. The van der Waals surface area contributed by atoms with E-state index in [1.54, 1.807) is 6.07 Å². The number of para-hydroxylation sites is 1. The number of hydrogen-bond acceptors (Lipinski definition) is 3. The summed E-state index contributed by atoms with van der Waals surface area (Å²) in [6.45, 7) is 1.88. The fourth-order valence-corrected chi connectivity index (χ4v) is 4.05. The smallest absolute Gasteiger partial charge is 0.228 e. The second-order valence-corrected chi connectivity index (χ2v) is 7.12. The molecule has 27 heavy (non-hydrogen) atoms. The minimum atomic E-state index is -0.855. The normalized spacial score (nSPS) is 24.6. The SMILES string of the molecule is O=C(NC1CNCCC1c1ccc(F)c(F)c1)C1CCOc2ccccc21. The van der Waals surface area contributed by atoms with Gasteiger partial charge >= 0.3 is 0 Å². The van der Waals surface area contributed by atoms with Crippen LogP contribution >= 0.6 is 0 Å². The van der Waals surface area contributed by atoms with E-state index >= 15 is 0 Å². The highest BCUT2D eigenvalue weighted by Gasteiger charge is 2.33. The Labute approximate surface area is 156 Å². The Kier molecular flexibility index (Phi) is 5.07. The average molecular weight is 372 g/mol. The molecular formula is C21H22F2N2O2. The maximum Gasteiger partial charge on any atom is 0.228 e. The summed E-state index contributed by atoms with van der Waals surface area (Å²) in [6, 6.07) is 11.4. The van der Waals surface area contributed by atoms with E-state index in [-0.39, 0.29) is 23.8 Å². The Hall–Kier alpha value is -2.47. The Morgan fingerprint density at radius 2 is 1.96 bits per heavy atom. The number of halogens is 2. The molecule has 2 heterocycles. The average Bonchev–Trinajstić information content (AvgIpc) is 2.70. The van der Waals surface area contributed by atoms with Gasteiger partial charge in [-0.1, -0.05) is 24.3 Å². The Morgan fingerprint density at radius 1 is 1.11 bits per heavy atom. The van der Waals surface area contributed by atoms with Crippen molar-refractivity contribution in [3.05, 3.63) is 65.2 Å². The molecule has 2 N–H and O–H groups in total. The summed E-state index contributed by atoms with van der Waals surface area (Å²) in [4.78, 5) is 13.0. The molecule has 0 radical (unpaired) electrons. The predicted molar refractivity (Wildman–Crippen MR) is 97.8 cm³/mol. The van der Waals surface area contributed by atoms with Gasteiger partial charge in [-0.05, 0) is 43.1 Å². The molecule has 0 saturated carbocycles. The summed E-state index contributed by atoms with van der Waals surface area (Å²) in [6.07, 6.45) is 1.37. The first-order chi connectivity index (χ1) is 13.1. The van der Waals surface area contributed by atoms with E-state index < -0.39 is 11.6 Å². The zero-order valence-electron chi connectivity index (χ0n) is 14.9. The van der Waals surface area contributed by atoms with Crippen LogP contribution in [0.25, 0.3) is 0 Å². The van der Waals surface area contributed by atoms with Crippen molar-refractivity contribution in [3.8, 4) is 5.75 Å². The number of hydrogen-bond donors (Lipinski definition) is 2. The van der Waals surface area contributed by atoms with Gasteiger partial charge in [0.15, 0.2) is 11.6 Å². The number of benzene rings is 2. The largest absolute Gasteiger partial charge is 0.493 e. The van der Waals surface area contributed by atoms with E-state index in [2.05, 4.69) is 10.6 Å². The summed E-state index contributed by atoms with van der Waals surface area (Å²) in [7, 11) is 0. The van der Waals surface area contributed by atoms with E-state index in [9.17, 15) is 13.6 Å². The minimum Gasteiger partial charge on any atom is -0.493 e. The fraction of sp³-hybridized carbons (Fsp3) is 0.381. The van der Waals surface area contributed by atoms with Crippen molar-refractivity contribution in [2.24, 2.45) is 0 Å². The number of nitrogens with one attached hydrogen (secondary N) is 2. The first-order valence-electron chi connectivity index (χ1n) is 9.31. The van der Waals surface area contributed by atoms with Crippen LogP contribution < -0.4 is 15.4 Å². The first kappa shape index (κ1) is 17.9. The summed E-state index contributed by atoms with van der Waals surface area (Å²) in [5.41, 5.74) is 1.61. The highest BCUT2D eigenvalue weighted by molar-refractivity contribution is 5.85. The third-order valence-electron chi connectivity index (χ3n) is 5.46. The van der Waals surface area contributed by atoms with Gasteiger partial charge in [-0.25, -0.2) is 8.78 Å². The van der Waals surface area contributed by atoms with E-state index in [4.69, 9.17) is 4.74 Å². The van der Waals surface area contributed by atoms with Crippen LogP contribution in [0.4, 0.5) is 8.78 Å². The molecule has 4 rings (SSSR count). The van der Waals surface area contributed by atoms with Gasteiger partial charge in [0.05, 0.1) is 12.5 Å². The Balaban J connectivity index is 1.53. The van der Waals surface area contributed by atoms with Gasteiger partial charge < -0.3 is 15.4 Å². The summed E-state index contributed by atoms with van der Waals surface area (Å²) >= 11 is 0. The zero-order chi connectivity index (χ0) is 18.8. The maximum atomic E-state index is 13.7. The molecule has 2 aromatic carbocycles. The molecular weight excluding hydrogens is 350 g/mol. The molecule has 3 unspecified atom stereocenters. The van der Waals surface area contributed by atoms with Gasteiger partial charge in [0.1, 0.15) is 5.75 Å². The van der Waals surface area contributed by atoms with Gasteiger partial charge in [-0.2, -0.15) is 0 Å². The lowest BCUT2D eigenvalue weighted by molar-refractivity contribution is -0.124. The predicted octanol–water partition coefficient (Wildman–Crippen LogP) is 3.09. The summed E-state index contributed by atoms with van der Waals surface area (Å²) in [5, 5.41) is 6.42. The second-order valence-electron chi connectivity index (χ2n) is 7.12. The van der Waals surface area contributed by atoms with Crippen molar-refractivity contribution in [3.63, 3.8) is 0 Å². The quantitative estimate of drug-likeness (QED) is 0.871. The molecule has 0 aliphatic carbocycles. The van der Waals surface area contributed by atoms with Crippen molar-refractivity contribution in [1.29, 1.82) is 0 Å². The van der Waals surface area contributed by atoms with E-state index in [1.165, 1.54) is 6.07 Å². The molecule has 0 spiro atoms. The van der Waals surface area contributed by atoms with Crippen LogP contribution in [0.5, 0.6) is 5.75 Å². The van der Waals surface area contributed by atoms with E-state index in [0.717, 1.165) is 30.3 Å². The van der Waals surface area contributed by atoms with Crippen LogP contribution in [0.1, 0.15) is 35.8 Å². The number of ether oxygens (including phenoxy) is 1. The minimum absolute atomic E-state index is 0.0490. The standard InChI is InChI=1S/C21H22F2N2O2/c22-17-6-5-13(11-18(17)23)14-7-9-24-12-19(14)25-21(26)16-8-10-27-20-4-2-1-3-15(16)20/h1-6,11,14,16,19,24H,7-10,12H2,(H,25,26). The Morgan fingerprint density at radius 3 is 2.81 bits per heavy atom. The third-order valence-corrected chi connectivity index (χ3v) is 5.46. The highest BCUT2D eigenvalue weighted by Crippen LogP contribution is 2.34. The summed E-state index contributed by atoms with van der Waals surface area (Å²) < 4.78 is 32.6. The molecule has 142 valence electrons. The number of carbonyl (C=O) groups excluding carboxylic acids is 1. The highest BCUT2D eigenvalue weighted by atomic mass is 19.2. The molecule has 1 fully saturated rings. The molecule has 6 heteroatoms. The van der Waals surface area contributed by atoms with E-state index in [0.29, 0.717) is 25.1 Å². The van der Waals surface area contributed by atoms with E-state index in [1.807, 2.05) is 24.3 Å². The third kappa shape index (κ3) is 3.67. The number of amides is 1. The van der Waals surface area contributed by atoms with Crippen molar-refractivity contribution in [1.82, 2.24) is 10.6 Å². The number of carbonyl (C=O) groups is 1. The van der Waals surface area contributed by atoms with Gasteiger partial charge in [0.25, 0.3) is 0 Å². The van der Waals surface area contributed by atoms with Gasteiger partial charge in [0, 0.05) is 24.1 Å². The van der Waals surface area contributed by atoms with Crippen molar-refractivity contribution in [2.45, 2.75) is 30.7 Å². The lowest BCUT2D eigenvalue weighted by Gasteiger charge is -2.35. The van der Waals surface area contributed by atoms with Gasteiger partial charge in [0.2, 0.25) is 5.91 Å². The number of piperidine rings is 1. The van der Waals surface area contributed by atoms with Crippen LogP contribution in [-0.2, 0) is 4.79 Å². The first-order valence-corrected chi connectivity index (χ1v) is 9.31. The Bertz CT molecular complexity index is 843. The molecule has 2 aliphatic heterocycles. The van der Waals surface area contributed by atoms with Crippen LogP contribution in [0, 0.1) is 11.6 Å². The molecule has 2 aromatic rings. The summed E-state index contributed by atoms with van der Waals surface area (Å²) in [5.74, 6) is -1.32.